The normalized spacial score (nSPS) is 12.8. The Kier molecular flexibility index (Phi) is 4.79. The molecule has 1 N–H and O–H groups in total. The number of hydrogen-bond donors (Lipinski definition) is 1. The van der Waals surface area contributed by atoms with Gasteiger partial charge in [-0.25, -0.2) is 9.67 Å². The molecule has 0 aliphatic carbocycles. The Labute approximate surface area is 119 Å². The number of aromatic nitrogens is 5. The Hall–Kier alpha value is -1.82. The van der Waals surface area contributed by atoms with Crippen LogP contribution in [0.2, 0.25) is 0 Å². The Balaban J connectivity index is 2.14. The van der Waals surface area contributed by atoms with Gasteiger partial charge in [0.15, 0.2) is 0 Å². The highest BCUT2D eigenvalue weighted by Gasteiger charge is 2.16. The number of aryl methyl sites for hydroxylation is 1. The topological polar surface area (TPSA) is 68.5 Å². The first-order valence-corrected chi connectivity index (χ1v) is 6.92. The summed E-state index contributed by atoms with van der Waals surface area (Å²) in [5, 5.41) is 7.57. The molecular weight excluding hydrogens is 252 g/mol. The van der Waals surface area contributed by atoms with Crippen LogP contribution in [-0.2, 0) is 13.0 Å². The fraction of sp³-hybridized carbons (Fsp3) is 0.571. The molecule has 0 fully saturated rings. The second kappa shape index (κ2) is 6.56. The van der Waals surface area contributed by atoms with Gasteiger partial charge in [0.25, 0.3) is 0 Å². The first-order chi connectivity index (χ1) is 9.60. The van der Waals surface area contributed by atoms with E-state index in [0.717, 1.165) is 30.2 Å². The Morgan fingerprint density at radius 3 is 2.60 bits per heavy atom. The minimum atomic E-state index is 0.0956. The molecule has 1 atom stereocenters. The first kappa shape index (κ1) is 14.6. The van der Waals surface area contributed by atoms with Crippen molar-refractivity contribution in [2.45, 2.75) is 39.8 Å². The van der Waals surface area contributed by atoms with Crippen LogP contribution in [0, 0.1) is 12.8 Å². The third kappa shape index (κ3) is 3.60. The quantitative estimate of drug-likeness (QED) is 0.865. The monoisotopic (exact) mass is 274 g/mol. The van der Waals surface area contributed by atoms with Gasteiger partial charge in [-0.05, 0) is 19.9 Å². The van der Waals surface area contributed by atoms with Crippen LogP contribution in [0.25, 0.3) is 0 Å². The molecular formula is C14H22N6. The third-order valence-electron chi connectivity index (χ3n) is 3.13. The Morgan fingerprint density at radius 2 is 2.00 bits per heavy atom. The van der Waals surface area contributed by atoms with Gasteiger partial charge in [-0.3, -0.25) is 9.97 Å². The van der Waals surface area contributed by atoms with Gasteiger partial charge >= 0.3 is 0 Å². The van der Waals surface area contributed by atoms with E-state index in [4.69, 9.17) is 0 Å². The number of likely N-dealkylation sites (N-methyl/N-ethyl adjacent to an activating group) is 1. The van der Waals surface area contributed by atoms with Gasteiger partial charge in [0, 0.05) is 19.2 Å². The van der Waals surface area contributed by atoms with Crippen LogP contribution >= 0.6 is 0 Å². The van der Waals surface area contributed by atoms with Gasteiger partial charge in [-0.2, -0.15) is 5.10 Å². The number of nitrogens with one attached hydrogen (secondary N) is 1. The molecule has 0 spiro atoms. The SMILES string of the molecule is CNC(Cc1ncnn1CC(C)C)c1cnc(C)cn1. The third-order valence-corrected chi connectivity index (χ3v) is 3.13. The van der Waals surface area contributed by atoms with Gasteiger partial charge in [-0.1, -0.05) is 13.8 Å². The zero-order chi connectivity index (χ0) is 14.5. The van der Waals surface area contributed by atoms with E-state index in [-0.39, 0.29) is 6.04 Å². The van der Waals surface area contributed by atoms with Crippen molar-refractivity contribution in [2.24, 2.45) is 5.92 Å². The molecule has 2 heterocycles. The molecule has 2 rings (SSSR count). The molecule has 108 valence electrons. The van der Waals surface area contributed by atoms with Gasteiger partial charge in [0.1, 0.15) is 12.2 Å². The molecule has 0 saturated carbocycles. The molecule has 6 heteroatoms. The smallest absolute Gasteiger partial charge is 0.138 e. The zero-order valence-electron chi connectivity index (χ0n) is 12.5. The summed E-state index contributed by atoms with van der Waals surface area (Å²) in [6.07, 6.45) is 5.98. The van der Waals surface area contributed by atoms with E-state index in [1.165, 1.54) is 0 Å². The van der Waals surface area contributed by atoms with Crippen molar-refractivity contribution < 1.29 is 0 Å². The lowest BCUT2D eigenvalue weighted by molar-refractivity contribution is 0.449. The largest absolute Gasteiger partial charge is 0.311 e. The molecule has 0 bridgehead atoms. The van der Waals surface area contributed by atoms with Gasteiger partial charge in [0.05, 0.1) is 23.6 Å². The van der Waals surface area contributed by atoms with Crippen molar-refractivity contribution in [1.29, 1.82) is 0 Å². The molecule has 0 amide bonds. The zero-order valence-corrected chi connectivity index (χ0v) is 12.5. The molecule has 0 aromatic carbocycles. The van der Waals surface area contributed by atoms with Crippen LogP contribution in [0.4, 0.5) is 0 Å². The average Bonchev–Trinajstić information content (AvgIpc) is 2.83. The lowest BCUT2D eigenvalue weighted by Crippen LogP contribution is -2.23. The van der Waals surface area contributed by atoms with E-state index < -0.39 is 0 Å². The summed E-state index contributed by atoms with van der Waals surface area (Å²) in [4.78, 5) is 13.1. The first-order valence-electron chi connectivity index (χ1n) is 6.92. The molecule has 0 aliphatic heterocycles. The highest BCUT2D eigenvalue weighted by Crippen LogP contribution is 2.14. The van der Waals surface area contributed by atoms with E-state index >= 15 is 0 Å². The molecule has 0 aliphatic rings. The highest BCUT2D eigenvalue weighted by molar-refractivity contribution is 5.08. The molecule has 2 aromatic rings. The second-order valence-corrected chi connectivity index (χ2v) is 5.38. The number of hydrogen-bond acceptors (Lipinski definition) is 5. The Bertz CT molecular complexity index is 531. The number of rotatable bonds is 6. The fourth-order valence-electron chi connectivity index (χ4n) is 2.06. The van der Waals surface area contributed by atoms with E-state index in [1.807, 2.05) is 24.9 Å². The van der Waals surface area contributed by atoms with Crippen LogP contribution in [-0.4, -0.2) is 31.8 Å². The lowest BCUT2D eigenvalue weighted by atomic mass is 10.1. The summed E-state index contributed by atoms with van der Waals surface area (Å²) in [5.41, 5.74) is 1.85. The number of nitrogens with zero attached hydrogens (tertiary/aromatic N) is 5. The van der Waals surface area contributed by atoms with Crippen LogP contribution in [0.3, 0.4) is 0 Å². The van der Waals surface area contributed by atoms with Gasteiger partial charge in [0.2, 0.25) is 0 Å². The van der Waals surface area contributed by atoms with Gasteiger partial charge in [-0.15, -0.1) is 0 Å². The van der Waals surface area contributed by atoms with Crippen LogP contribution < -0.4 is 5.32 Å². The van der Waals surface area contributed by atoms with E-state index in [0.29, 0.717) is 5.92 Å². The summed E-state index contributed by atoms with van der Waals surface area (Å²) in [6.45, 7) is 7.16. The van der Waals surface area contributed by atoms with E-state index in [9.17, 15) is 0 Å². The summed E-state index contributed by atoms with van der Waals surface area (Å²) >= 11 is 0. The predicted octanol–water partition coefficient (Wildman–Crippen LogP) is 1.54. The standard InChI is InChI=1S/C14H22N6/c1-10(2)8-20-14(18-9-19-20)5-12(15-4)13-7-16-11(3)6-17-13/h6-7,9-10,12,15H,5,8H2,1-4H3. The fourth-order valence-corrected chi connectivity index (χ4v) is 2.06. The average molecular weight is 274 g/mol. The minimum absolute atomic E-state index is 0.0956. The molecule has 1 unspecified atom stereocenters. The summed E-state index contributed by atoms with van der Waals surface area (Å²) in [7, 11) is 1.93. The van der Waals surface area contributed by atoms with Crippen LogP contribution in [0.15, 0.2) is 18.7 Å². The summed E-state index contributed by atoms with van der Waals surface area (Å²) < 4.78 is 1.97. The summed E-state index contributed by atoms with van der Waals surface area (Å²) in [5.74, 6) is 1.52. The van der Waals surface area contributed by atoms with Crippen molar-refractivity contribution in [3.8, 4) is 0 Å². The maximum absolute atomic E-state index is 4.44. The maximum Gasteiger partial charge on any atom is 0.138 e. The van der Waals surface area contributed by atoms with Crippen molar-refractivity contribution in [3.05, 3.63) is 35.9 Å². The van der Waals surface area contributed by atoms with Gasteiger partial charge < -0.3 is 5.32 Å². The predicted molar refractivity (Wildman–Crippen MR) is 77.1 cm³/mol. The van der Waals surface area contributed by atoms with Crippen molar-refractivity contribution in [3.63, 3.8) is 0 Å². The highest BCUT2D eigenvalue weighted by atomic mass is 15.3. The molecule has 0 saturated heterocycles. The molecule has 0 radical (unpaired) electrons. The molecule has 6 nitrogen and oxygen atoms in total. The minimum Gasteiger partial charge on any atom is -0.311 e. The lowest BCUT2D eigenvalue weighted by Gasteiger charge is -2.16. The van der Waals surface area contributed by atoms with Crippen molar-refractivity contribution in [1.82, 2.24) is 30.0 Å². The van der Waals surface area contributed by atoms with E-state index in [1.54, 1.807) is 12.5 Å². The summed E-state index contributed by atoms with van der Waals surface area (Å²) in [6, 6.07) is 0.0956. The van der Waals surface area contributed by atoms with E-state index in [2.05, 4.69) is 39.2 Å². The van der Waals surface area contributed by atoms with Crippen LogP contribution in [0.1, 0.15) is 37.1 Å². The Morgan fingerprint density at radius 1 is 1.20 bits per heavy atom. The van der Waals surface area contributed by atoms with Crippen molar-refractivity contribution in [2.75, 3.05) is 7.05 Å². The van der Waals surface area contributed by atoms with Crippen molar-refractivity contribution >= 4 is 0 Å². The molecule has 2 aromatic heterocycles. The van der Waals surface area contributed by atoms with Crippen LogP contribution in [0.5, 0.6) is 0 Å². The second-order valence-electron chi connectivity index (χ2n) is 5.38. The maximum atomic E-state index is 4.44. The molecule has 20 heavy (non-hydrogen) atoms.